The van der Waals surface area contributed by atoms with Crippen LogP contribution in [0, 0.1) is 17.8 Å². The molecule has 5 unspecified atom stereocenters. The highest BCUT2D eigenvalue weighted by atomic mass is 16.2. The fraction of sp³-hybridized carbons (Fsp3) is 0.933. The number of nitrogens with one attached hydrogen (secondary N) is 1. The van der Waals surface area contributed by atoms with Crippen molar-refractivity contribution in [3.8, 4) is 0 Å². The van der Waals surface area contributed by atoms with Gasteiger partial charge in [-0.3, -0.25) is 4.79 Å². The Bertz CT molecular complexity index is 292. The van der Waals surface area contributed by atoms with E-state index in [2.05, 4.69) is 19.2 Å². The van der Waals surface area contributed by atoms with Crippen molar-refractivity contribution in [2.75, 3.05) is 0 Å². The van der Waals surface area contributed by atoms with Gasteiger partial charge in [-0.2, -0.15) is 0 Å². The second-order valence-corrected chi connectivity index (χ2v) is 6.44. The minimum Gasteiger partial charge on any atom is -0.353 e. The molecule has 1 amide bonds. The molecule has 2 saturated carbocycles. The van der Waals surface area contributed by atoms with E-state index in [1.165, 1.54) is 19.3 Å². The molecule has 2 aliphatic carbocycles. The van der Waals surface area contributed by atoms with Crippen LogP contribution in [0.5, 0.6) is 0 Å². The minimum absolute atomic E-state index is 0.0515. The highest BCUT2D eigenvalue weighted by Gasteiger charge is 2.34. The van der Waals surface area contributed by atoms with Crippen molar-refractivity contribution in [1.29, 1.82) is 0 Å². The SMILES string of the molecule is CC1CCC(NC(=O)C2CCCCCC2N)C1C. The van der Waals surface area contributed by atoms with Crippen LogP contribution in [0.3, 0.4) is 0 Å². The number of amides is 1. The number of carbonyl (C=O) groups excluding carboxylic acids is 1. The fourth-order valence-electron chi connectivity index (χ4n) is 3.52. The Hall–Kier alpha value is -0.570. The molecule has 104 valence electrons. The summed E-state index contributed by atoms with van der Waals surface area (Å²) in [7, 11) is 0. The molecule has 2 rings (SSSR count). The molecule has 0 saturated heterocycles. The second kappa shape index (κ2) is 6.05. The molecule has 2 aliphatic rings. The first-order chi connectivity index (χ1) is 8.59. The van der Waals surface area contributed by atoms with Crippen LogP contribution < -0.4 is 11.1 Å². The van der Waals surface area contributed by atoms with E-state index in [1.807, 2.05) is 0 Å². The van der Waals surface area contributed by atoms with E-state index in [0.29, 0.717) is 12.0 Å². The number of nitrogens with two attached hydrogens (primary N) is 1. The molecule has 18 heavy (non-hydrogen) atoms. The lowest BCUT2D eigenvalue weighted by molar-refractivity contribution is -0.126. The highest BCUT2D eigenvalue weighted by Crippen LogP contribution is 2.32. The van der Waals surface area contributed by atoms with E-state index < -0.39 is 0 Å². The standard InChI is InChI=1S/C15H28N2O/c1-10-8-9-14(11(10)2)17-15(18)12-6-4-3-5-7-13(12)16/h10-14H,3-9,16H2,1-2H3,(H,17,18). The molecule has 0 heterocycles. The van der Waals surface area contributed by atoms with Gasteiger partial charge in [0.25, 0.3) is 0 Å². The smallest absolute Gasteiger partial charge is 0.224 e. The van der Waals surface area contributed by atoms with E-state index >= 15 is 0 Å². The summed E-state index contributed by atoms with van der Waals surface area (Å²) in [5, 5.41) is 3.27. The van der Waals surface area contributed by atoms with E-state index in [0.717, 1.165) is 31.6 Å². The number of carbonyl (C=O) groups is 1. The van der Waals surface area contributed by atoms with Crippen molar-refractivity contribution >= 4 is 5.91 Å². The highest BCUT2D eigenvalue weighted by molar-refractivity contribution is 5.79. The average molecular weight is 252 g/mol. The molecule has 2 fully saturated rings. The van der Waals surface area contributed by atoms with Crippen molar-refractivity contribution in [3.05, 3.63) is 0 Å². The van der Waals surface area contributed by atoms with Gasteiger partial charge in [-0.1, -0.05) is 33.1 Å². The zero-order valence-corrected chi connectivity index (χ0v) is 11.8. The van der Waals surface area contributed by atoms with Gasteiger partial charge in [-0.25, -0.2) is 0 Å². The summed E-state index contributed by atoms with van der Waals surface area (Å²) in [5.41, 5.74) is 6.16. The lowest BCUT2D eigenvalue weighted by Gasteiger charge is -2.25. The zero-order chi connectivity index (χ0) is 13.1. The topological polar surface area (TPSA) is 55.1 Å². The number of rotatable bonds is 2. The van der Waals surface area contributed by atoms with Crippen molar-refractivity contribution in [2.24, 2.45) is 23.5 Å². The van der Waals surface area contributed by atoms with Gasteiger partial charge in [0, 0.05) is 12.1 Å². The molecule has 3 heteroatoms. The first kappa shape index (κ1) is 13.9. The Balaban J connectivity index is 1.90. The molecule has 3 N–H and O–H groups in total. The lowest BCUT2D eigenvalue weighted by atomic mass is 9.93. The summed E-state index contributed by atoms with van der Waals surface area (Å²) in [6.45, 7) is 4.55. The Morgan fingerprint density at radius 3 is 2.44 bits per heavy atom. The third kappa shape index (κ3) is 3.05. The van der Waals surface area contributed by atoms with Gasteiger partial charge in [0.1, 0.15) is 0 Å². The Morgan fingerprint density at radius 1 is 1.06 bits per heavy atom. The van der Waals surface area contributed by atoms with Crippen LogP contribution in [0.2, 0.25) is 0 Å². The molecule has 5 atom stereocenters. The molecule has 0 spiro atoms. The van der Waals surface area contributed by atoms with Crippen molar-refractivity contribution in [1.82, 2.24) is 5.32 Å². The van der Waals surface area contributed by atoms with Gasteiger partial charge in [0.05, 0.1) is 5.92 Å². The van der Waals surface area contributed by atoms with Gasteiger partial charge in [0.15, 0.2) is 0 Å². The monoisotopic (exact) mass is 252 g/mol. The van der Waals surface area contributed by atoms with Gasteiger partial charge < -0.3 is 11.1 Å². The van der Waals surface area contributed by atoms with Crippen molar-refractivity contribution < 1.29 is 4.79 Å². The first-order valence-corrected chi connectivity index (χ1v) is 7.65. The van der Waals surface area contributed by atoms with E-state index in [1.54, 1.807) is 0 Å². The summed E-state index contributed by atoms with van der Waals surface area (Å²) in [6, 6.07) is 0.449. The van der Waals surface area contributed by atoms with Crippen molar-refractivity contribution in [2.45, 2.75) is 70.9 Å². The van der Waals surface area contributed by atoms with Crippen molar-refractivity contribution in [3.63, 3.8) is 0 Å². The maximum Gasteiger partial charge on any atom is 0.224 e. The van der Waals surface area contributed by atoms with Gasteiger partial charge in [0.2, 0.25) is 5.91 Å². The third-order valence-corrected chi connectivity index (χ3v) is 5.20. The quantitative estimate of drug-likeness (QED) is 0.742. The minimum atomic E-state index is 0.0515. The first-order valence-electron chi connectivity index (χ1n) is 7.65. The Kier molecular flexibility index (Phi) is 4.66. The third-order valence-electron chi connectivity index (χ3n) is 5.20. The zero-order valence-electron chi connectivity index (χ0n) is 11.8. The molecule has 0 aromatic heterocycles. The van der Waals surface area contributed by atoms with Crippen LogP contribution in [0.1, 0.15) is 58.8 Å². The summed E-state index contributed by atoms with van der Waals surface area (Å²) in [4.78, 5) is 12.4. The second-order valence-electron chi connectivity index (χ2n) is 6.44. The van der Waals surface area contributed by atoms with Crippen LogP contribution in [-0.4, -0.2) is 18.0 Å². The predicted octanol–water partition coefficient (Wildman–Crippen LogP) is 2.44. The maximum absolute atomic E-state index is 12.4. The molecule has 0 bridgehead atoms. The summed E-state index contributed by atoms with van der Waals surface area (Å²) in [5.74, 6) is 1.61. The summed E-state index contributed by atoms with van der Waals surface area (Å²) >= 11 is 0. The molecular weight excluding hydrogens is 224 g/mol. The van der Waals surface area contributed by atoms with E-state index in [4.69, 9.17) is 5.73 Å². The number of hydrogen-bond donors (Lipinski definition) is 2. The predicted molar refractivity (Wildman–Crippen MR) is 74.0 cm³/mol. The van der Waals surface area contributed by atoms with Crippen LogP contribution in [0.25, 0.3) is 0 Å². The molecule has 3 nitrogen and oxygen atoms in total. The van der Waals surface area contributed by atoms with E-state index in [9.17, 15) is 4.79 Å². The van der Waals surface area contributed by atoms with Crippen LogP contribution in [-0.2, 0) is 4.79 Å². The lowest BCUT2D eigenvalue weighted by Crippen LogP contribution is -2.46. The Labute approximate surface area is 111 Å². The molecular formula is C15H28N2O. The molecule has 0 aliphatic heterocycles. The van der Waals surface area contributed by atoms with Crippen LogP contribution in [0.4, 0.5) is 0 Å². The maximum atomic E-state index is 12.4. The van der Waals surface area contributed by atoms with Gasteiger partial charge in [-0.05, 0) is 37.5 Å². The molecule has 0 radical (unpaired) electrons. The largest absolute Gasteiger partial charge is 0.353 e. The van der Waals surface area contributed by atoms with Gasteiger partial charge in [-0.15, -0.1) is 0 Å². The van der Waals surface area contributed by atoms with Gasteiger partial charge >= 0.3 is 0 Å². The molecule has 0 aromatic carbocycles. The average Bonchev–Trinajstić information content (AvgIpc) is 2.57. The normalized spacial score (nSPS) is 41.4. The van der Waals surface area contributed by atoms with E-state index in [-0.39, 0.29) is 17.9 Å². The Morgan fingerprint density at radius 2 is 1.78 bits per heavy atom. The molecule has 0 aromatic rings. The fourth-order valence-corrected chi connectivity index (χ4v) is 3.52. The van der Waals surface area contributed by atoms with Crippen LogP contribution >= 0.6 is 0 Å². The van der Waals surface area contributed by atoms with Crippen LogP contribution in [0.15, 0.2) is 0 Å². The summed E-state index contributed by atoms with van der Waals surface area (Å²) in [6.07, 6.45) is 7.93. The summed E-state index contributed by atoms with van der Waals surface area (Å²) < 4.78 is 0. The number of hydrogen-bond acceptors (Lipinski definition) is 2.